The zero-order chi connectivity index (χ0) is 13.6. The molecule has 0 amide bonds. The maximum Gasteiger partial charge on any atom is 0.379 e. The zero-order valence-corrected chi connectivity index (χ0v) is 11.4. The maximum atomic E-state index is 11.4. The summed E-state index contributed by atoms with van der Waals surface area (Å²) < 4.78 is 4.17. The van der Waals surface area contributed by atoms with Gasteiger partial charge in [-0.25, -0.2) is 14.0 Å². The van der Waals surface area contributed by atoms with Crippen molar-refractivity contribution in [2.75, 3.05) is 0 Å². The second kappa shape index (κ2) is 4.37. The van der Waals surface area contributed by atoms with Crippen LogP contribution in [0.4, 0.5) is 9.59 Å². The van der Waals surface area contributed by atoms with Crippen LogP contribution in [-0.4, -0.2) is 26.5 Å². The van der Waals surface area contributed by atoms with Gasteiger partial charge in [-0.05, 0) is 61.3 Å². The van der Waals surface area contributed by atoms with E-state index in [0.29, 0.717) is 11.8 Å². The molecular weight excluding hydrogens is 266 g/mol. The van der Waals surface area contributed by atoms with Crippen LogP contribution in [0.1, 0.15) is 38.5 Å². The molecule has 6 heteroatoms. The van der Waals surface area contributed by atoms with Crippen LogP contribution in [0.25, 0.3) is 0 Å². The predicted molar refractivity (Wildman–Crippen MR) is 73.8 cm³/mol. The minimum Gasteiger partial charge on any atom is -0.472 e. The number of rotatable bonds is 4. The van der Waals surface area contributed by atoms with E-state index in [1.165, 1.54) is 5.41 Å². The minimum absolute atomic E-state index is 0.583. The first kappa shape index (κ1) is 12.7. The highest BCUT2D eigenvalue weighted by Gasteiger charge is 2.45. The van der Waals surface area contributed by atoms with Crippen LogP contribution in [0, 0.1) is 11.8 Å². The second-order valence-electron chi connectivity index (χ2n) is 5.63. The molecule has 0 unspecified atom stereocenters. The molecule has 0 aromatic heterocycles. The summed E-state index contributed by atoms with van der Waals surface area (Å²) in [5.74, 6) is 1.19. The fraction of sp³-hybridized carbons (Fsp3) is 0.615. The first-order valence-electron chi connectivity index (χ1n) is 6.60. The van der Waals surface area contributed by atoms with Gasteiger partial charge >= 0.3 is 10.6 Å². The molecule has 0 aromatic carbocycles. The number of allylic oxidation sites excluding steroid dienone is 1. The van der Waals surface area contributed by atoms with Gasteiger partial charge in [0, 0.05) is 0 Å². The number of hydrogen-bond acceptors (Lipinski definition) is 3. The van der Waals surface area contributed by atoms with Gasteiger partial charge in [0.15, 0.2) is 0 Å². The van der Waals surface area contributed by atoms with E-state index in [9.17, 15) is 19.8 Å². The van der Waals surface area contributed by atoms with Crippen molar-refractivity contribution in [1.29, 1.82) is 0 Å². The van der Waals surface area contributed by atoms with Gasteiger partial charge in [-0.2, -0.15) is 0 Å². The lowest BCUT2D eigenvalue weighted by Crippen LogP contribution is -2.12. The Balaban J connectivity index is 1.91. The summed E-state index contributed by atoms with van der Waals surface area (Å²) in [4.78, 5) is 22.7. The lowest BCUT2D eigenvalue weighted by Gasteiger charge is -2.17. The Morgan fingerprint density at radius 2 is 1.63 bits per heavy atom. The normalized spacial score (nSPS) is 26.5. The molecule has 2 N–H and O–H groups in total. The third-order valence-corrected chi connectivity index (χ3v) is 6.05. The quantitative estimate of drug-likeness (QED) is 0.816. The summed E-state index contributed by atoms with van der Waals surface area (Å²) in [5.41, 5.74) is 1.66. The molecule has 5 nitrogen and oxygen atoms in total. The first-order chi connectivity index (χ1) is 9.01. The lowest BCUT2D eigenvalue weighted by molar-refractivity contribution is 0.215. The average Bonchev–Trinajstić information content (AvgIpc) is 3.20. The van der Waals surface area contributed by atoms with E-state index in [1.54, 1.807) is 0 Å². The second-order valence-corrected chi connectivity index (χ2v) is 8.00. The Hall–Kier alpha value is -1.30. The molecule has 3 rings (SSSR count). The molecule has 19 heavy (non-hydrogen) atoms. The molecule has 0 saturated heterocycles. The van der Waals surface area contributed by atoms with Crippen molar-refractivity contribution in [2.24, 2.45) is 16.2 Å². The molecule has 3 aliphatic rings. The Kier molecular flexibility index (Phi) is 2.92. The maximum absolute atomic E-state index is 11.4. The van der Waals surface area contributed by atoms with Crippen LogP contribution >= 0.6 is 10.2 Å². The molecule has 2 fully saturated rings. The average molecular weight is 283 g/mol. The highest BCUT2D eigenvalue weighted by Crippen LogP contribution is 2.59. The van der Waals surface area contributed by atoms with Gasteiger partial charge < -0.3 is 10.2 Å². The Bertz CT molecular complexity index is 457. The van der Waals surface area contributed by atoms with Crippen LogP contribution in [0.2, 0.25) is 0 Å². The fourth-order valence-electron chi connectivity index (χ4n) is 2.35. The van der Waals surface area contributed by atoms with Crippen molar-refractivity contribution in [2.45, 2.75) is 38.5 Å². The molecule has 0 atom stereocenters. The van der Waals surface area contributed by atoms with E-state index < -0.39 is 20.8 Å². The van der Waals surface area contributed by atoms with E-state index in [-0.39, 0.29) is 0 Å². The van der Waals surface area contributed by atoms with Crippen molar-refractivity contribution in [3.05, 3.63) is 11.0 Å². The topological polar surface area (TPSA) is 87.0 Å². The summed E-state index contributed by atoms with van der Waals surface area (Å²) in [6.45, 7) is 0. The van der Waals surface area contributed by atoms with Crippen LogP contribution in [0.5, 0.6) is 0 Å². The van der Waals surface area contributed by atoms with Gasteiger partial charge in [0.2, 0.25) is 0 Å². The van der Waals surface area contributed by atoms with E-state index in [0.717, 1.165) is 49.8 Å². The molecule has 0 radical (unpaired) electrons. The number of carbonyl (C=O) groups is 2. The Morgan fingerprint density at radius 1 is 1.11 bits per heavy atom. The van der Waals surface area contributed by atoms with Crippen molar-refractivity contribution in [3.63, 3.8) is 0 Å². The number of carboxylic acid groups (broad SMARTS) is 2. The van der Waals surface area contributed by atoms with Crippen molar-refractivity contribution in [3.8, 4) is 0 Å². The van der Waals surface area contributed by atoms with Crippen molar-refractivity contribution < 1.29 is 19.8 Å². The lowest BCUT2D eigenvalue weighted by atomic mass is 10.0. The monoisotopic (exact) mass is 283 g/mol. The first-order valence-corrected chi connectivity index (χ1v) is 8.25. The molecule has 0 spiro atoms. The highest BCUT2D eigenvalue weighted by molar-refractivity contribution is 8.56. The Labute approximate surface area is 112 Å². The third kappa shape index (κ3) is 2.41. The van der Waals surface area contributed by atoms with E-state index in [2.05, 4.69) is 4.40 Å². The molecular formula is C13H17NO4S. The summed E-state index contributed by atoms with van der Waals surface area (Å²) >= 11 is 0. The van der Waals surface area contributed by atoms with Gasteiger partial charge in [0.25, 0.3) is 0 Å². The fourth-order valence-corrected chi connectivity index (χ4v) is 4.09. The van der Waals surface area contributed by atoms with Crippen LogP contribution in [-0.2, 0) is 0 Å². The summed E-state index contributed by atoms with van der Waals surface area (Å²) in [5, 5.41) is 17.4. The molecule has 1 aliphatic heterocycles. The molecule has 0 bridgehead atoms. The van der Waals surface area contributed by atoms with E-state index in [4.69, 9.17) is 0 Å². The predicted octanol–water partition coefficient (Wildman–Crippen LogP) is 4.00. The SMILES string of the molecule is O=C(O)S1(C(=O)O)C=C(CC2CC2)C(CC2CC2)=N1. The van der Waals surface area contributed by atoms with Crippen LogP contribution < -0.4 is 0 Å². The molecule has 1 heterocycles. The summed E-state index contributed by atoms with van der Waals surface area (Å²) in [6, 6.07) is 0. The van der Waals surface area contributed by atoms with Gasteiger partial charge in [0.1, 0.15) is 0 Å². The molecule has 104 valence electrons. The highest BCUT2D eigenvalue weighted by atomic mass is 32.3. The molecule has 2 saturated carbocycles. The van der Waals surface area contributed by atoms with Gasteiger partial charge in [-0.15, -0.1) is 0 Å². The molecule has 0 aromatic rings. The smallest absolute Gasteiger partial charge is 0.379 e. The van der Waals surface area contributed by atoms with Gasteiger partial charge in [-0.3, -0.25) is 0 Å². The largest absolute Gasteiger partial charge is 0.472 e. The number of hydrogen-bond donors (Lipinski definition) is 2. The van der Waals surface area contributed by atoms with E-state index in [1.807, 2.05) is 0 Å². The summed E-state index contributed by atoms with van der Waals surface area (Å²) in [7, 11) is -3.07. The van der Waals surface area contributed by atoms with Crippen LogP contribution in [0.15, 0.2) is 15.4 Å². The Morgan fingerprint density at radius 3 is 2.11 bits per heavy atom. The van der Waals surface area contributed by atoms with Gasteiger partial charge in [-0.1, -0.05) is 0 Å². The van der Waals surface area contributed by atoms with Crippen molar-refractivity contribution >= 4 is 26.5 Å². The zero-order valence-electron chi connectivity index (χ0n) is 10.5. The van der Waals surface area contributed by atoms with Crippen LogP contribution in [0.3, 0.4) is 0 Å². The van der Waals surface area contributed by atoms with E-state index >= 15 is 0 Å². The third-order valence-electron chi connectivity index (χ3n) is 3.85. The minimum atomic E-state index is -3.07. The van der Waals surface area contributed by atoms with Crippen molar-refractivity contribution in [1.82, 2.24) is 0 Å². The molecule has 2 aliphatic carbocycles. The van der Waals surface area contributed by atoms with Gasteiger partial charge in [0.05, 0.1) is 15.9 Å². The summed E-state index contributed by atoms with van der Waals surface area (Å²) in [6.07, 6.45) is 6.19. The number of nitrogens with zero attached hydrogens (tertiary/aromatic N) is 1. The standard InChI is InChI=1S/C13H17NO4S/c15-12(16)19(13(17)18)7-10(5-8-1-2-8)11(14-19)6-9-3-4-9/h7-9H,1-6H2,(H,15,16)(H,17,18).